The van der Waals surface area contributed by atoms with Crippen LogP contribution in [0.25, 0.3) is 116 Å². The summed E-state index contributed by atoms with van der Waals surface area (Å²) in [6, 6.07) is 52.8. The van der Waals surface area contributed by atoms with Crippen LogP contribution >= 0.6 is 11.3 Å². The zero-order valence-electron chi connectivity index (χ0n) is 32.3. The number of allylic oxidation sites excluding steroid dienone is 1. The number of fused-ring (bicyclic) bond motifs is 6. The third-order valence-electron chi connectivity index (χ3n) is 12.0. The van der Waals surface area contributed by atoms with Crippen LogP contribution in [-0.4, -0.2) is 35.6 Å². The summed E-state index contributed by atoms with van der Waals surface area (Å²) in [5, 5.41) is 26.8. The first-order valence-corrected chi connectivity index (χ1v) is 21.0. The second-order valence-corrected chi connectivity index (χ2v) is 16.5. The van der Waals surface area contributed by atoms with Crippen molar-refractivity contribution in [1.29, 1.82) is 0 Å². The van der Waals surface area contributed by atoms with Gasteiger partial charge >= 0.3 is 0 Å². The summed E-state index contributed by atoms with van der Waals surface area (Å²) in [5.74, 6) is 0.523. The fourth-order valence-electron chi connectivity index (χ4n) is 9.40. The predicted molar refractivity (Wildman–Crippen MR) is 246 cm³/mol. The molecule has 0 spiro atoms. The minimum atomic E-state index is -0.225. The van der Waals surface area contributed by atoms with Crippen LogP contribution in [-0.2, 0) is 0 Å². The molecule has 1 aliphatic rings. The van der Waals surface area contributed by atoms with Crippen molar-refractivity contribution >= 4 is 71.3 Å². The maximum atomic E-state index is 7.09. The molecule has 2 N–H and O–H groups in total. The van der Waals surface area contributed by atoms with Gasteiger partial charge in [-0.2, -0.15) is 5.10 Å². The van der Waals surface area contributed by atoms with E-state index in [1.54, 1.807) is 17.5 Å². The molecule has 6 aromatic heterocycles. The van der Waals surface area contributed by atoms with Gasteiger partial charge in [0.25, 0.3) is 0 Å². The summed E-state index contributed by atoms with van der Waals surface area (Å²) in [6.07, 6.45) is 6.34. The Kier molecular flexibility index (Phi) is 7.37. The van der Waals surface area contributed by atoms with E-state index >= 15 is 0 Å². The van der Waals surface area contributed by atoms with E-state index in [4.69, 9.17) is 19.6 Å². The highest BCUT2D eigenvalue weighted by Crippen LogP contribution is 2.58. The molecule has 1 atom stereocenters. The Balaban J connectivity index is 1.34. The number of thiophene rings is 1. The van der Waals surface area contributed by atoms with E-state index in [2.05, 4.69) is 154 Å². The molecule has 0 saturated carbocycles. The van der Waals surface area contributed by atoms with Crippen molar-refractivity contribution in [1.82, 2.24) is 35.6 Å². The largest absolute Gasteiger partial charge is 0.456 e. The van der Waals surface area contributed by atoms with E-state index in [1.165, 1.54) is 15.6 Å². The highest BCUT2D eigenvalue weighted by Gasteiger charge is 2.37. The molecular formula is C52H31N7OS. The Hall–Kier alpha value is -8.01. The Labute approximate surface area is 351 Å². The first-order chi connectivity index (χ1) is 30.2. The minimum absolute atomic E-state index is 0.225. The molecule has 286 valence electrons. The lowest BCUT2D eigenvalue weighted by atomic mass is 9.75. The van der Waals surface area contributed by atoms with Gasteiger partial charge in [-0.25, -0.2) is 0 Å². The first-order valence-electron chi connectivity index (χ1n) is 20.2. The van der Waals surface area contributed by atoms with Gasteiger partial charge in [-0.15, -0.1) is 21.5 Å². The molecule has 9 heteroatoms. The van der Waals surface area contributed by atoms with Crippen LogP contribution < -0.4 is 0 Å². The summed E-state index contributed by atoms with van der Waals surface area (Å²) >= 11 is 1.78. The molecule has 61 heavy (non-hydrogen) atoms. The van der Waals surface area contributed by atoms with Crippen LogP contribution in [0.1, 0.15) is 22.6 Å². The molecule has 1 aliphatic carbocycles. The summed E-state index contributed by atoms with van der Waals surface area (Å²) in [7, 11) is 0. The molecule has 0 saturated heterocycles. The summed E-state index contributed by atoms with van der Waals surface area (Å²) < 4.78 is 8.28. The third kappa shape index (κ3) is 5.21. The van der Waals surface area contributed by atoms with Gasteiger partial charge in [-0.1, -0.05) is 109 Å². The Bertz CT molecular complexity index is 3650. The molecular weight excluding hydrogens is 771 g/mol. The van der Waals surface area contributed by atoms with Gasteiger partial charge in [-0.05, 0) is 81.9 Å². The van der Waals surface area contributed by atoms with E-state index in [-0.39, 0.29) is 5.92 Å². The van der Waals surface area contributed by atoms with E-state index in [0.29, 0.717) is 16.7 Å². The van der Waals surface area contributed by atoms with Gasteiger partial charge in [0.1, 0.15) is 33.8 Å². The molecule has 0 bridgehead atoms. The van der Waals surface area contributed by atoms with E-state index in [1.807, 2.05) is 30.3 Å². The van der Waals surface area contributed by atoms with Gasteiger partial charge < -0.3 is 9.40 Å². The molecule has 13 rings (SSSR count). The van der Waals surface area contributed by atoms with Gasteiger partial charge in [0, 0.05) is 76.9 Å². The number of rotatable bonds is 6. The van der Waals surface area contributed by atoms with Gasteiger partial charge in [0.05, 0.1) is 5.52 Å². The fourth-order valence-corrected chi connectivity index (χ4v) is 10.5. The fraction of sp³-hybridized carbons (Fsp3) is 0.0192. The number of hydrogen-bond donors (Lipinski definition) is 2. The number of nitrogens with one attached hydrogen (secondary N) is 2. The predicted octanol–water partition coefficient (Wildman–Crippen LogP) is 13.2. The van der Waals surface area contributed by atoms with E-state index in [9.17, 15) is 0 Å². The molecule has 1 unspecified atom stereocenters. The zero-order valence-corrected chi connectivity index (χ0v) is 33.1. The highest BCUT2D eigenvalue weighted by molar-refractivity contribution is 7.22. The molecule has 8 nitrogen and oxygen atoms in total. The average molecular weight is 802 g/mol. The van der Waals surface area contributed by atoms with Gasteiger partial charge in [0.15, 0.2) is 0 Å². The Morgan fingerprint density at radius 2 is 1.41 bits per heavy atom. The van der Waals surface area contributed by atoms with E-state index in [0.717, 1.165) is 93.7 Å². The normalized spacial score (nSPS) is 13.7. The van der Waals surface area contributed by atoms with Crippen molar-refractivity contribution in [2.45, 2.75) is 5.92 Å². The highest BCUT2D eigenvalue weighted by atomic mass is 32.1. The van der Waals surface area contributed by atoms with Crippen molar-refractivity contribution in [2.75, 3.05) is 0 Å². The van der Waals surface area contributed by atoms with Crippen molar-refractivity contribution in [2.24, 2.45) is 0 Å². The molecule has 12 aromatic rings. The summed E-state index contributed by atoms with van der Waals surface area (Å²) in [5.41, 5.74) is 14.4. The van der Waals surface area contributed by atoms with Crippen LogP contribution in [0, 0.1) is 0 Å². The molecule has 6 heterocycles. The maximum absolute atomic E-state index is 7.09. The van der Waals surface area contributed by atoms with Crippen molar-refractivity contribution in [3.63, 3.8) is 0 Å². The SMILES string of the molecule is C1=CC(c2c(-c3cc4ccccc4o3)c(-c3cc4ccccc4s3)c(-c3cc4ccccc4[nH]3)c(-c3n[nH]c4ccccc34)c2-c2nnnc3cccnc23)c2ccccc21. The lowest BCUT2D eigenvalue weighted by molar-refractivity contribution is 0.631. The smallest absolute Gasteiger partial charge is 0.136 e. The number of aromatic nitrogens is 7. The number of H-pyrrole nitrogens is 2. The Morgan fingerprint density at radius 3 is 2.31 bits per heavy atom. The number of hydrogen-bond acceptors (Lipinski definition) is 7. The van der Waals surface area contributed by atoms with Crippen molar-refractivity contribution in [3.8, 4) is 55.5 Å². The number of pyridine rings is 1. The number of nitrogens with zero attached hydrogens (tertiary/aromatic N) is 5. The van der Waals surface area contributed by atoms with Crippen LogP contribution in [0.2, 0.25) is 0 Å². The van der Waals surface area contributed by atoms with Gasteiger partial charge in [0.2, 0.25) is 0 Å². The number of aromatic amines is 2. The molecule has 6 aromatic carbocycles. The quantitative estimate of drug-likeness (QED) is 0.173. The topological polar surface area (TPSA) is 109 Å². The lowest BCUT2D eigenvalue weighted by Gasteiger charge is -2.28. The molecule has 0 amide bonds. The van der Waals surface area contributed by atoms with E-state index < -0.39 is 0 Å². The lowest BCUT2D eigenvalue weighted by Crippen LogP contribution is -2.09. The monoisotopic (exact) mass is 801 g/mol. The van der Waals surface area contributed by atoms with Crippen LogP contribution in [0.15, 0.2) is 168 Å². The second kappa shape index (κ2) is 13.3. The summed E-state index contributed by atoms with van der Waals surface area (Å²) in [6.45, 7) is 0. The molecule has 0 radical (unpaired) electrons. The minimum Gasteiger partial charge on any atom is -0.456 e. The van der Waals surface area contributed by atoms with Crippen LogP contribution in [0.5, 0.6) is 0 Å². The maximum Gasteiger partial charge on any atom is 0.136 e. The average Bonchev–Trinajstić information content (AvgIpc) is 4.16. The Morgan fingerprint density at radius 1 is 0.607 bits per heavy atom. The summed E-state index contributed by atoms with van der Waals surface area (Å²) in [4.78, 5) is 9.98. The number of benzene rings is 6. The third-order valence-corrected chi connectivity index (χ3v) is 13.2. The second-order valence-electron chi connectivity index (χ2n) is 15.4. The first kappa shape index (κ1) is 33.9. The van der Waals surface area contributed by atoms with Crippen molar-refractivity contribution in [3.05, 3.63) is 181 Å². The van der Waals surface area contributed by atoms with Crippen LogP contribution in [0.4, 0.5) is 0 Å². The molecule has 0 fully saturated rings. The van der Waals surface area contributed by atoms with Crippen LogP contribution in [0.3, 0.4) is 0 Å². The number of para-hydroxylation sites is 3. The molecule has 0 aliphatic heterocycles. The number of furan rings is 1. The zero-order chi connectivity index (χ0) is 40.0. The standard InChI is InChI=1S/C52H31N7OS/c1-5-16-33-29(12-1)23-24-34(33)44-46(41-27-31-14-3-9-21-40(31)60-41)47(43-28-32-15-4-10-22-42(32)61-43)45(39-26-30-13-2-7-18-36(30)54-39)49(50-35-17-6-8-19-37(35)55-57-50)48(44)52-51-38(56-59-58-52)20-11-25-53-51/h1-28,34,54H,(H,55,57). The van der Waals surface area contributed by atoms with Gasteiger partial charge in [-0.3, -0.25) is 10.1 Å². The van der Waals surface area contributed by atoms with Crippen molar-refractivity contribution < 1.29 is 4.42 Å².